The normalized spacial score (nSPS) is 13.1. The molecule has 1 aliphatic rings. The van der Waals surface area contributed by atoms with Crippen molar-refractivity contribution in [1.82, 2.24) is 15.1 Å². The summed E-state index contributed by atoms with van der Waals surface area (Å²) in [5.74, 6) is -0.344. The van der Waals surface area contributed by atoms with Gasteiger partial charge in [0, 0.05) is 12.1 Å². The Kier molecular flexibility index (Phi) is 4.95. The molecule has 7 nitrogen and oxygen atoms in total. The lowest BCUT2D eigenvalue weighted by molar-refractivity contribution is 0.0672. The fourth-order valence-corrected chi connectivity index (χ4v) is 3.98. The van der Waals surface area contributed by atoms with Crippen LogP contribution in [-0.2, 0) is 0 Å². The van der Waals surface area contributed by atoms with Crippen molar-refractivity contribution in [2.45, 2.75) is 11.3 Å². The maximum absolute atomic E-state index is 12.4. The van der Waals surface area contributed by atoms with Crippen molar-refractivity contribution in [3.63, 3.8) is 0 Å². The van der Waals surface area contributed by atoms with Crippen molar-refractivity contribution in [2.75, 3.05) is 17.6 Å². The van der Waals surface area contributed by atoms with E-state index in [0.29, 0.717) is 10.7 Å². The summed E-state index contributed by atoms with van der Waals surface area (Å²) in [5.41, 5.74) is 0.792. The van der Waals surface area contributed by atoms with Crippen LogP contribution in [-0.4, -0.2) is 45.1 Å². The maximum atomic E-state index is 12.4. The lowest BCUT2D eigenvalue weighted by atomic mass is 10.1. The van der Waals surface area contributed by atoms with Crippen LogP contribution >= 0.6 is 23.1 Å². The Hall–Kier alpha value is -2.52. The van der Waals surface area contributed by atoms with Crippen LogP contribution in [0.25, 0.3) is 0 Å². The van der Waals surface area contributed by atoms with E-state index in [0.717, 1.165) is 15.0 Å². The van der Waals surface area contributed by atoms with Gasteiger partial charge in [0.2, 0.25) is 5.13 Å². The number of aromatic nitrogens is 2. The summed E-state index contributed by atoms with van der Waals surface area (Å²) < 4.78 is 0.771. The highest BCUT2D eigenvalue weighted by atomic mass is 32.2. The van der Waals surface area contributed by atoms with Crippen LogP contribution < -0.4 is 5.32 Å². The van der Waals surface area contributed by atoms with E-state index >= 15 is 0 Å². The van der Waals surface area contributed by atoms with Gasteiger partial charge in [-0.15, -0.1) is 16.8 Å². The summed E-state index contributed by atoms with van der Waals surface area (Å²) >= 11 is 2.82. The Morgan fingerprint density at radius 1 is 1.32 bits per heavy atom. The quantitative estimate of drug-likeness (QED) is 0.362. The van der Waals surface area contributed by atoms with Gasteiger partial charge in [-0.25, -0.2) is 0 Å². The molecule has 3 rings (SSSR count). The SMILES string of the molecule is C=CCN1C(=O)c2ccc(C(=O)Nc3nnc(SCC)s3)cc2C1=O. The number of carbonyl (C=O) groups excluding carboxylic acids is 3. The molecule has 1 aromatic carbocycles. The van der Waals surface area contributed by atoms with Gasteiger partial charge in [-0.2, -0.15) is 0 Å². The molecule has 0 bridgehead atoms. The molecule has 9 heteroatoms. The van der Waals surface area contributed by atoms with E-state index < -0.39 is 11.8 Å². The van der Waals surface area contributed by atoms with Gasteiger partial charge in [0.15, 0.2) is 4.34 Å². The van der Waals surface area contributed by atoms with Crippen LogP contribution in [0.5, 0.6) is 0 Å². The van der Waals surface area contributed by atoms with E-state index in [9.17, 15) is 14.4 Å². The second kappa shape index (κ2) is 7.16. The number of hydrogen-bond acceptors (Lipinski definition) is 7. The predicted octanol–water partition coefficient (Wildman–Crippen LogP) is 2.68. The number of rotatable bonds is 6. The standard InChI is InChI=1S/C16H14N4O3S2/c1-3-7-20-13(22)10-6-5-9(8-11(10)14(20)23)12(21)17-15-18-19-16(25-15)24-4-2/h3,5-6,8H,1,4,7H2,2H3,(H,17,18,21). The molecule has 25 heavy (non-hydrogen) atoms. The fourth-order valence-electron chi connectivity index (χ4n) is 2.34. The maximum Gasteiger partial charge on any atom is 0.261 e. The lowest BCUT2D eigenvalue weighted by Crippen LogP contribution is -2.29. The Bertz CT molecular complexity index is 878. The first kappa shape index (κ1) is 17.3. The highest BCUT2D eigenvalue weighted by Gasteiger charge is 2.35. The zero-order chi connectivity index (χ0) is 18.0. The Morgan fingerprint density at radius 3 is 2.80 bits per heavy atom. The number of anilines is 1. The van der Waals surface area contributed by atoms with Crippen molar-refractivity contribution in [3.05, 3.63) is 47.5 Å². The van der Waals surface area contributed by atoms with Gasteiger partial charge in [0.1, 0.15) is 0 Å². The van der Waals surface area contributed by atoms with Gasteiger partial charge < -0.3 is 0 Å². The summed E-state index contributed by atoms with van der Waals surface area (Å²) in [4.78, 5) is 37.9. The number of nitrogens with zero attached hydrogens (tertiary/aromatic N) is 3. The number of nitrogens with one attached hydrogen (secondary N) is 1. The predicted molar refractivity (Wildman–Crippen MR) is 96.3 cm³/mol. The molecular weight excluding hydrogens is 360 g/mol. The zero-order valence-electron chi connectivity index (χ0n) is 13.3. The van der Waals surface area contributed by atoms with Crippen LogP contribution in [0.2, 0.25) is 0 Å². The minimum absolute atomic E-state index is 0.135. The summed E-state index contributed by atoms with van der Waals surface area (Å²) in [6.07, 6.45) is 1.48. The lowest BCUT2D eigenvalue weighted by Gasteiger charge is -2.09. The molecule has 2 aromatic rings. The number of fused-ring (bicyclic) bond motifs is 1. The minimum atomic E-state index is -0.424. The van der Waals surface area contributed by atoms with Gasteiger partial charge in [-0.1, -0.05) is 36.1 Å². The van der Waals surface area contributed by atoms with Crippen molar-refractivity contribution >= 4 is 46.0 Å². The van der Waals surface area contributed by atoms with Crippen LogP contribution in [0.4, 0.5) is 5.13 Å². The Morgan fingerprint density at radius 2 is 2.08 bits per heavy atom. The molecule has 2 heterocycles. The molecule has 0 saturated carbocycles. The smallest absolute Gasteiger partial charge is 0.261 e. The molecular formula is C16H14N4O3S2. The third-order valence-electron chi connectivity index (χ3n) is 3.44. The van der Waals surface area contributed by atoms with Crippen molar-refractivity contribution in [3.8, 4) is 0 Å². The number of carbonyl (C=O) groups is 3. The molecule has 1 aliphatic heterocycles. The van der Waals surface area contributed by atoms with E-state index in [2.05, 4.69) is 22.1 Å². The molecule has 0 unspecified atom stereocenters. The third kappa shape index (κ3) is 3.33. The van der Waals surface area contributed by atoms with E-state index in [-0.39, 0.29) is 23.6 Å². The minimum Gasteiger partial charge on any atom is -0.296 e. The molecule has 0 spiro atoms. The largest absolute Gasteiger partial charge is 0.296 e. The second-order valence-corrected chi connectivity index (χ2v) is 7.52. The number of amides is 3. The van der Waals surface area contributed by atoms with Gasteiger partial charge in [-0.05, 0) is 24.0 Å². The fraction of sp³-hybridized carbons (Fsp3) is 0.188. The molecule has 0 aliphatic carbocycles. The monoisotopic (exact) mass is 374 g/mol. The first-order valence-corrected chi connectivity index (χ1v) is 9.24. The molecule has 0 radical (unpaired) electrons. The summed E-state index contributed by atoms with van der Waals surface area (Å²) in [6, 6.07) is 4.43. The van der Waals surface area contributed by atoms with Gasteiger partial charge in [0.25, 0.3) is 17.7 Å². The molecule has 0 fully saturated rings. The Balaban J connectivity index is 1.80. The summed E-state index contributed by atoms with van der Waals surface area (Å²) in [5, 5.41) is 10.9. The van der Waals surface area contributed by atoms with Gasteiger partial charge >= 0.3 is 0 Å². The number of hydrogen-bond donors (Lipinski definition) is 1. The average Bonchev–Trinajstić information content (AvgIpc) is 3.13. The number of benzene rings is 1. The first-order valence-electron chi connectivity index (χ1n) is 7.44. The van der Waals surface area contributed by atoms with Gasteiger partial charge in [0.05, 0.1) is 11.1 Å². The highest BCUT2D eigenvalue weighted by molar-refractivity contribution is 8.01. The van der Waals surface area contributed by atoms with Crippen LogP contribution in [0.15, 0.2) is 35.2 Å². The topological polar surface area (TPSA) is 92.3 Å². The molecule has 1 aromatic heterocycles. The second-order valence-electron chi connectivity index (χ2n) is 5.03. The average molecular weight is 374 g/mol. The molecule has 0 saturated heterocycles. The molecule has 3 amide bonds. The van der Waals surface area contributed by atoms with E-state index in [4.69, 9.17) is 0 Å². The molecule has 0 atom stereocenters. The van der Waals surface area contributed by atoms with Crippen molar-refractivity contribution < 1.29 is 14.4 Å². The van der Waals surface area contributed by atoms with E-state index in [1.165, 1.54) is 47.4 Å². The summed E-state index contributed by atoms with van der Waals surface area (Å²) in [6.45, 7) is 5.68. The molecule has 128 valence electrons. The van der Waals surface area contributed by atoms with Crippen LogP contribution in [0.3, 0.4) is 0 Å². The molecule has 1 N–H and O–H groups in total. The highest BCUT2D eigenvalue weighted by Crippen LogP contribution is 2.27. The van der Waals surface area contributed by atoms with Crippen LogP contribution in [0.1, 0.15) is 38.0 Å². The van der Waals surface area contributed by atoms with E-state index in [1.807, 2.05) is 6.92 Å². The van der Waals surface area contributed by atoms with Crippen molar-refractivity contribution in [1.29, 1.82) is 0 Å². The van der Waals surface area contributed by atoms with E-state index in [1.54, 1.807) is 0 Å². The van der Waals surface area contributed by atoms with Crippen molar-refractivity contribution in [2.24, 2.45) is 0 Å². The van der Waals surface area contributed by atoms with Crippen LogP contribution in [0, 0.1) is 0 Å². The number of thioether (sulfide) groups is 1. The third-order valence-corrected chi connectivity index (χ3v) is 5.29. The Labute approximate surface area is 152 Å². The first-order chi connectivity index (χ1) is 12.0. The number of imide groups is 1. The summed E-state index contributed by atoms with van der Waals surface area (Å²) in [7, 11) is 0. The zero-order valence-corrected chi connectivity index (χ0v) is 14.9. The van der Waals surface area contributed by atoms with Gasteiger partial charge in [-0.3, -0.25) is 24.6 Å².